The Morgan fingerprint density at radius 2 is 1.08 bits per heavy atom. The summed E-state index contributed by atoms with van der Waals surface area (Å²) in [5.41, 5.74) is -0.514. The predicted molar refractivity (Wildman–Crippen MR) is 228 cm³/mol. The number of ether oxygens (including phenoxy) is 2. The van der Waals surface area contributed by atoms with Gasteiger partial charge in [0.1, 0.15) is 46.7 Å². The van der Waals surface area contributed by atoms with Gasteiger partial charge in [-0.1, -0.05) is 62.0 Å². The topological polar surface area (TPSA) is 154 Å². The van der Waals surface area contributed by atoms with E-state index < -0.39 is 76.1 Å². The van der Waals surface area contributed by atoms with E-state index in [-0.39, 0.29) is 7.43 Å². The molecule has 0 aliphatic heterocycles. The van der Waals surface area contributed by atoms with Crippen molar-refractivity contribution in [2.45, 2.75) is 57.8 Å². The van der Waals surface area contributed by atoms with Gasteiger partial charge >= 0.3 is 11.8 Å². The number of aliphatic hydroxyl groups is 2. The third-order valence-electron chi connectivity index (χ3n) is 10.2. The van der Waals surface area contributed by atoms with Crippen molar-refractivity contribution in [3.8, 4) is 33.8 Å². The Morgan fingerprint density at radius 3 is 1.49 bits per heavy atom. The molecule has 0 aliphatic carbocycles. The smallest absolute Gasteiger partial charge is 0.323 e. The summed E-state index contributed by atoms with van der Waals surface area (Å²) in [6.45, 7) is 4.59. The Labute approximate surface area is 370 Å². The molecule has 0 radical (unpaired) electrons. The molecule has 2 atom stereocenters. The van der Waals surface area contributed by atoms with E-state index in [0.717, 1.165) is 58.5 Å². The van der Waals surface area contributed by atoms with Crippen molar-refractivity contribution < 1.29 is 50.4 Å². The molecule has 0 spiro atoms. The first-order valence-corrected chi connectivity index (χ1v) is 19.7. The Bertz CT molecular complexity index is 2620. The predicted octanol–water partition coefficient (Wildman–Crippen LogP) is 9.26. The Morgan fingerprint density at radius 1 is 0.615 bits per heavy atom. The molecular formula is C47H46F7N7O4. The molecule has 0 saturated carbocycles. The summed E-state index contributed by atoms with van der Waals surface area (Å²) in [6, 6.07) is 24.7. The summed E-state index contributed by atoms with van der Waals surface area (Å²) in [5, 5.41) is 32.3. The van der Waals surface area contributed by atoms with Gasteiger partial charge in [-0.15, -0.1) is 5.10 Å². The number of halogens is 7. The van der Waals surface area contributed by atoms with Gasteiger partial charge in [0.05, 0.1) is 19.8 Å². The quantitative estimate of drug-likeness (QED) is 0.0849. The highest BCUT2D eigenvalue weighted by atomic mass is 19.3. The van der Waals surface area contributed by atoms with Gasteiger partial charge < -0.3 is 25.4 Å². The van der Waals surface area contributed by atoms with Crippen LogP contribution in [0.2, 0.25) is 0 Å². The SMILES string of the molecule is C.CCOc1ccc(-c2ccc(C(F)(F)C(O)(CN)c3ccc(F)cc3F)nc2)cc1.CCOc1ccc(-c2ccc(C(F)(F)C(O)(Cn3cnnn3)c3ccc(C)cc3F)nc2)cc1. The van der Waals surface area contributed by atoms with Gasteiger partial charge in [-0.25, -0.2) is 17.9 Å². The van der Waals surface area contributed by atoms with Gasteiger partial charge in [0.2, 0.25) is 0 Å². The van der Waals surface area contributed by atoms with E-state index in [9.17, 15) is 23.4 Å². The highest BCUT2D eigenvalue weighted by molar-refractivity contribution is 5.64. The van der Waals surface area contributed by atoms with Crippen LogP contribution >= 0.6 is 0 Å². The minimum Gasteiger partial charge on any atom is -0.494 e. The maximum absolute atomic E-state index is 15.9. The van der Waals surface area contributed by atoms with Crippen LogP contribution in [0.5, 0.6) is 11.5 Å². The maximum atomic E-state index is 15.9. The van der Waals surface area contributed by atoms with Crippen LogP contribution in [0.15, 0.2) is 128 Å². The zero-order valence-electron chi connectivity index (χ0n) is 34.6. The average Bonchev–Trinajstić information content (AvgIpc) is 3.80. The number of hydrogen-bond acceptors (Lipinski definition) is 10. The number of nitrogens with zero attached hydrogens (tertiary/aromatic N) is 6. The van der Waals surface area contributed by atoms with E-state index in [1.165, 1.54) is 30.6 Å². The van der Waals surface area contributed by atoms with Crippen LogP contribution in [0.3, 0.4) is 0 Å². The highest BCUT2D eigenvalue weighted by Gasteiger charge is 2.58. The number of tetrazole rings is 1. The molecule has 0 bridgehead atoms. The van der Waals surface area contributed by atoms with Crippen LogP contribution in [0.1, 0.15) is 49.4 Å². The number of alkyl halides is 4. The maximum Gasteiger partial charge on any atom is 0.323 e. The first-order valence-electron chi connectivity index (χ1n) is 19.7. The Kier molecular flexibility index (Phi) is 15.4. The van der Waals surface area contributed by atoms with Gasteiger partial charge in [0.15, 0.2) is 11.2 Å². The van der Waals surface area contributed by atoms with Gasteiger partial charge in [-0.3, -0.25) is 9.97 Å². The van der Waals surface area contributed by atoms with Crippen molar-refractivity contribution in [3.05, 3.63) is 173 Å². The Hall–Kier alpha value is -6.76. The minimum absolute atomic E-state index is 0. The molecule has 65 heavy (non-hydrogen) atoms. The summed E-state index contributed by atoms with van der Waals surface area (Å²) in [4.78, 5) is 7.71. The highest BCUT2D eigenvalue weighted by Crippen LogP contribution is 2.48. The minimum atomic E-state index is -4.04. The fourth-order valence-electron chi connectivity index (χ4n) is 6.77. The van der Waals surface area contributed by atoms with Crippen molar-refractivity contribution in [1.29, 1.82) is 0 Å². The van der Waals surface area contributed by atoms with Gasteiger partial charge in [-0.05, 0) is 96.4 Å². The largest absolute Gasteiger partial charge is 0.494 e. The molecular weight excluding hydrogens is 860 g/mol. The number of benzene rings is 4. The molecule has 18 heteroatoms. The van der Waals surface area contributed by atoms with Crippen LogP contribution in [0.25, 0.3) is 22.3 Å². The van der Waals surface area contributed by atoms with Gasteiger partial charge in [-0.2, -0.15) is 17.6 Å². The van der Waals surface area contributed by atoms with E-state index in [0.29, 0.717) is 47.5 Å². The van der Waals surface area contributed by atoms with E-state index in [2.05, 4.69) is 25.5 Å². The third-order valence-corrected chi connectivity index (χ3v) is 10.2. The van der Waals surface area contributed by atoms with Gasteiger partial charge in [0, 0.05) is 47.3 Å². The standard InChI is InChI=1S/C24H22F3N5O2.C22H20F4N2O2.CH4/c1-3-34-19-8-5-17(6-9-19)18-7-11-22(28-13-18)24(26,27)23(33,14-32-15-29-30-31-32)20-10-4-16(2)12-21(20)25;1-2-30-17-7-3-14(4-8-17)15-5-10-20(28-12-15)22(25,26)21(29,13-27)18-9-6-16(23)11-19(18)24;/h4-13,15,33H,3,14H2,1-2H3;3-12,29H,2,13,27H2,1H3;1H4. The van der Waals surface area contributed by atoms with Crippen LogP contribution in [0, 0.1) is 24.4 Å². The summed E-state index contributed by atoms with van der Waals surface area (Å²) in [6.07, 6.45) is 3.56. The van der Waals surface area contributed by atoms with Crippen LogP contribution in [-0.4, -0.2) is 60.1 Å². The molecule has 3 aromatic heterocycles. The molecule has 3 heterocycles. The second-order valence-corrected chi connectivity index (χ2v) is 14.5. The lowest BCUT2D eigenvalue weighted by atomic mass is 9.84. The molecule has 0 aliphatic rings. The normalized spacial score (nSPS) is 13.4. The number of pyridine rings is 2. The summed E-state index contributed by atoms with van der Waals surface area (Å²) in [7, 11) is 0. The zero-order chi connectivity index (χ0) is 46.3. The van der Waals surface area contributed by atoms with E-state index in [1.807, 2.05) is 13.8 Å². The van der Waals surface area contributed by atoms with E-state index in [4.69, 9.17) is 15.2 Å². The van der Waals surface area contributed by atoms with E-state index in [1.54, 1.807) is 55.5 Å². The molecule has 342 valence electrons. The first-order chi connectivity index (χ1) is 30.5. The van der Waals surface area contributed by atoms with Crippen molar-refractivity contribution in [2.75, 3.05) is 19.8 Å². The van der Waals surface area contributed by atoms with E-state index >= 15 is 17.6 Å². The number of nitrogens with two attached hydrogens (primary N) is 1. The average molecular weight is 906 g/mol. The van der Waals surface area contributed by atoms with Crippen LogP contribution in [-0.2, 0) is 29.6 Å². The number of hydrogen-bond donors (Lipinski definition) is 3. The summed E-state index contributed by atoms with van der Waals surface area (Å²) < 4.78 is 116. The molecule has 4 aromatic carbocycles. The number of rotatable bonds is 15. The lowest BCUT2D eigenvalue weighted by Crippen LogP contribution is -2.50. The number of aromatic nitrogens is 6. The first kappa shape index (κ1) is 49.3. The molecule has 7 aromatic rings. The lowest BCUT2D eigenvalue weighted by molar-refractivity contribution is -0.207. The molecule has 4 N–H and O–H groups in total. The van der Waals surface area contributed by atoms with Crippen molar-refractivity contribution in [1.82, 2.24) is 30.2 Å². The third kappa shape index (κ3) is 10.3. The number of aryl methyl sites for hydroxylation is 1. The fraction of sp³-hybridized carbons (Fsp3) is 0.255. The van der Waals surface area contributed by atoms with Crippen LogP contribution in [0.4, 0.5) is 30.7 Å². The molecule has 7 rings (SSSR count). The van der Waals surface area contributed by atoms with Crippen molar-refractivity contribution in [3.63, 3.8) is 0 Å². The second-order valence-electron chi connectivity index (χ2n) is 14.5. The van der Waals surface area contributed by atoms with Crippen molar-refractivity contribution in [2.24, 2.45) is 5.73 Å². The summed E-state index contributed by atoms with van der Waals surface area (Å²) >= 11 is 0. The molecule has 0 fully saturated rings. The fourth-order valence-corrected chi connectivity index (χ4v) is 6.77. The zero-order valence-corrected chi connectivity index (χ0v) is 34.6. The summed E-state index contributed by atoms with van der Waals surface area (Å²) in [5.74, 6) is -9.93. The van der Waals surface area contributed by atoms with Crippen LogP contribution < -0.4 is 15.2 Å². The second kappa shape index (κ2) is 20.4. The molecule has 0 saturated heterocycles. The molecule has 0 amide bonds. The molecule has 2 unspecified atom stereocenters. The Balaban J connectivity index is 0.000000242. The lowest BCUT2D eigenvalue weighted by Gasteiger charge is -2.35. The van der Waals surface area contributed by atoms with Gasteiger partial charge in [0.25, 0.3) is 0 Å². The monoisotopic (exact) mass is 905 g/mol. The van der Waals surface area contributed by atoms with Crippen molar-refractivity contribution >= 4 is 0 Å². The molecule has 11 nitrogen and oxygen atoms in total.